The second-order valence-corrected chi connectivity index (χ2v) is 5.61. The highest BCUT2D eigenvalue weighted by atomic mass is 32.1. The molecule has 0 unspecified atom stereocenters. The Bertz CT molecular complexity index is 564. The lowest BCUT2D eigenvalue weighted by molar-refractivity contribution is 0.225. The number of thiazole rings is 1. The molecule has 3 N–H and O–H groups in total. The maximum atomic E-state index is 11.9. The van der Waals surface area contributed by atoms with Crippen LogP contribution in [0.2, 0.25) is 0 Å². The number of rotatable bonds is 4. The quantitative estimate of drug-likeness (QED) is 0.810. The van der Waals surface area contributed by atoms with Crippen LogP contribution in [0.15, 0.2) is 30.3 Å². The average molecular weight is 291 g/mol. The number of nitrogens with one attached hydrogen (secondary N) is 2. The van der Waals surface area contributed by atoms with Crippen LogP contribution in [-0.2, 0) is 0 Å². The first kappa shape index (κ1) is 14.5. The van der Waals surface area contributed by atoms with Gasteiger partial charge in [0.1, 0.15) is 0 Å². The second-order valence-electron chi connectivity index (χ2n) is 4.40. The maximum Gasteiger partial charge on any atom is 0.321 e. The predicted molar refractivity (Wildman–Crippen MR) is 80.0 cm³/mol. The largest absolute Gasteiger partial charge is 0.394 e. The Balaban J connectivity index is 1.99. The summed E-state index contributed by atoms with van der Waals surface area (Å²) in [5.41, 5.74) is 1.77. The van der Waals surface area contributed by atoms with Crippen LogP contribution in [0.1, 0.15) is 22.2 Å². The number of carbonyl (C=O) groups excluding carboxylic acids is 1. The molecule has 0 saturated heterocycles. The minimum Gasteiger partial charge on any atom is -0.394 e. The molecule has 1 heterocycles. The van der Waals surface area contributed by atoms with E-state index < -0.39 is 6.04 Å². The maximum absolute atomic E-state index is 11.9. The summed E-state index contributed by atoms with van der Waals surface area (Å²) in [6.07, 6.45) is 0. The lowest BCUT2D eigenvalue weighted by Crippen LogP contribution is -2.34. The Hall–Kier alpha value is -1.92. The molecule has 1 aromatic heterocycles. The van der Waals surface area contributed by atoms with Gasteiger partial charge in [0.15, 0.2) is 5.13 Å². The number of aliphatic hydroxyl groups is 1. The van der Waals surface area contributed by atoms with Crippen molar-refractivity contribution >= 4 is 22.5 Å². The van der Waals surface area contributed by atoms with Gasteiger partial charge in [0.05, 0.1) is 18.3 Å². The van der Waals surface area contributed by atoms with Gasteiger partial charge in [-0.15, -0.1) is 11.3 Å². The predicted octanol–water partition coefficient (Wildman–Crippen LogP) is 2.62. The molecule has 2 rings (SSSR count). The summed E-state index contributed by atoms with van der Waals surface area (Å²) in [5, 5.41) is 15.4. The van der Waals surface area contributed by atoms with Crippen molar-refractivity contribution in [3.63, 3.8) is 0 Å². The third kappa shape index (κ3) is 3.55. The van der Waals surface area contributed by atoms with Gasteiger partial charge < -0.3 is 10.4 Å². The minimum absolute atomic E-state index is 0.159. The molecule has 2 aromatic rings. The molecule has 0 saturated carbocycles. The zero-order chi connectivity index (χ0) is 14.5. The second kappa shape index (κ2) is 6.49. The van der Waals surface area contributed by atoms with Crippen molar-refractivity contribution in [1.29, 1.82) is 0 Å². The van der Waals surface area contributed by atoms with Gasteiger partial charge in [-0.1, -0.05) is 30.3 Å². The normalized spacial score (nSPS) is 11.9. The topological polar surface area (TPSA) is 74.2 Å². The number of aliphatic hydroxyl groups excluding tert-OH is 1. The first-order valence-electron chi connectivity index (χ1n) is 6.27. The van der Waals surface area contributed by atoms with E-state index in [1.165, 1.54) is 11.3 Å². The lowest BCUT2D eigenvalue weighted by Gasteiger charge is -2.16. The smallest absolute Gasteiger partial charge is 0.321 e. The van der Waals surface area contributed by atoms with Gasteiger partial charge in [-0.2, -0.15) is 0 Å². The average Bonchev–Trinajstić information content (AvgIpc) is 2.75. The molecule has 0 bridgehead atoms. The van der Waals surface area contributed by atoms with Crippen LogP contribution >= 0.6 is 11.3 Å². The van der Waals surface area contributed by atoms with Gasteiger partial charge in [0.2, 0.25) is 0 Å². The molecule has 1 atom stereocenters. The van der Waals surface area contributed by atoms with Crippen molar-refractivity contribution in [1.82, 2.24) is 10.3 Å². The SMILES string of the molecule is Cc1nc(NC(=O)N[C@@H](CO)c2ccccc2)sc1C. The summed E-state index contributed by atoms with van der Waals surface area (Å²) in [4.78, 5) is 17.2. The van der Waals surface area contributed by atoms with E-state index in [1.807, 2.05) is 44.2 Å². The number of nitrogens with zero attached hydrogens (tertiary/aromatic N) is 1. The van der Waals surface area contributed by atoms with Crippen LogP contribution in [0.5, 0.6) is 0 Å². The van der Waals surface area contributed by atoms with Crippen molar-refractivity contribution in [2.24, 2.45) is 0 Å². The Kier molecular flexibility index (Phi) is 4.70. The molecule has 20 heavy (non-hydrogen) atoms. The van der Waals surface area contributed by atoms with E-state index in [-0.39, 0.29) is 12.6 Å². The van der Waals surface area contributed by atoms with Crippen molar-refractivity contribution in [3.05, 3.63) is 46.5 Å². The lowest BCUT2D eigenvalue weighted by atomic mass is 10.1. The van der Waals surface area contributed by atoms with Crippen LogP contribution in [0.4, 0.5) is 9.93 Å². The molecule has 6 heteroatoms. The van der Waals surface area contributed by atoms with E-state index in [0.29, 0.717) is 5.13 Å². The van der Waals surface area contributed by atoms with E-state index in [1.54, 1.807) is 0 Å². The fourth-order valence-electron chi connectivity index (χ4n) is 1.74. The van der Waals surface area contributed by atoms with Gasteiger partial charge in [0.25, 0.3) is 0 Å². The first-order valence-corrected chi connectivity index (χ1v) is 7.09. The van der Waals surface area contributed by atoms with Crippen LogP contribution in [0.25, 0.3) is 0 Å². The van der Waals surface area contributed by atoms with Crippen LogP contribution in [-0.4, -0.2) is 22.7 Å². The molecule has 0 spiro atoms. The molecule has 0 aliphatic rings. The number of aryl methyl sites for hydroxylation is 2. The van der Waals surface area contributed by atoms with Crippen LogP contribution < -0.4 is 10.6 Å². The molecule has 1 aromatic carbocycles. The number of amides is 2. The zero-order valence-corrected chi connectivity index (χ0v) is 12.2. The Labute approximate surface area is 121 Å². The summed E-state index contributed by atoms with van der Waals surface area (Å²) in [7, 11) is 0. The van der Waals surface area contributed by atoms with Crippen LogP contribution in [0.3, 0.4) is 0 Å². The van der Waals surface area contributed by atoms with Crippen LogP contribution in [0, 0.1) is 13.8 Å². The Morgan fingerprint density at radius 2 is 2.05 bits per heavy atom. The number of benzene rings is 1. The number of urea groups is 1. The van der Waals surface area contributed by atoms with E-state index in [0.717, 1.165) is 16.1 Å². The fourth-order valence-corrected chi connectivity index (χ4v) is 2.55. The van der Waals surface area contributed by atoms with Gasteiger partial charge in [0, 0.05) is 4.88 Å². The Morgan fingerprint density at radius 3 is 2.60 bits per heavy atom. The van der Waals surface area contributed by atoms with Gasteiger partial charge in [-0.3, -0.25) is 5.32 Å². The van der Waals surface area contributed by atoms with Gasteiger partial charge in [-0.25, -0.2) is 9.78 Å². The number of hydrogen-bond donors (Lipinski definition) is 3. The van der Waals surface area contributed by atoms with E-state index in [2.05, 4.69) is 15.6 Å². The molecule has 0 aliphatic carbocycles. The molecular weight excluding hydrogens is 274 g/mol. The van der Waals surface area contributed by atoms with Crippen molar-refractivity contribution < 1.29 is 9.90 Å². The monoisotopic (exact) mass is 291 g/mol. The van der Waals surface area contributed by atoms with Crippen molar-refractivity contribution in [2.75, 3.05) is 11.9 Å². The van der Waals surface area contributed by atoms with E-state index in [9.17, 15) is 9.90 Å². The van der Waals surface area contributed by atoms with Gasteiger partial charge in [-0.05, 0) is 19.4 Å². The standard InChI is InChI=1S/C14H17N3O2S/c1-9-10(2)20-14(15-9)17-13(19)16-12(8-18)11-6-4-3-5-7-11/h3-7,12,18H,8H2,1-2H3,(H2,15,16,17,19)/t12-/m0/s1. The summed E-state index contributed by atoms with van der Waals surface area (Å²) in [5.74, 6) is 0. The Morgan fingerprint density at radius 1 is 1.35 bits per heavy atom. The van der Waals surface area contributed by atoms with E-state index in [4.69, 9.17) is 0 Å². The molecule has 106 valence electrons. The summed E-state index contributed by atoms with van der Waals surface area (Å²) >= 11 is 1.43. The highest BCUT2D eigenvalue weighted by molar-refractivity contribution is 7.15. The molecule has 0 fully saturated rings. The zero-order valence-electron chi connectivity index (χ0n) is 11.4. The van der Waals surface area contributed by atoms with Gasteiger partial charge >= 0.3 is 6.03 Å². The molecule has 2 amide bonds. The van der Waals surface area contributed by atoms with Crippen molar-refractivity contribution in [2.45, 2.75) is 19.9 Å². The minimum atomic E-state index is -0.432. The number of hydrogen-bond acceptors (Lipinski definition) is 4. The molecular formula is C14H17N3O2S. The molecule has 5 nitrogen and oxygen atoms in total. The summed E-state index contributed by atoms with van der Waals surface area (Å²) in [6.45, 7) is 3.69. The number of anilines is 1. The highest BCUT2D eigenvalue weighted by Gasteiger charge is 2.14. The van der Waals surface area contributed by atoms with E-state index >= 15 is 0 Å². The molecule has 0 radical (unpaired) electrons. The summed E-state index contributed by atoms with van der Waals surface area (Å²) < 4.78 is 0. The first-order chi connectivity index (χ1) is 9.60. The highest BCUT2D eigenvalue weighted by Crippen LogP contribution is 2.21. The third-order valence-corrected chi connectivity index (χ3v) is 3.93. The van der Waals surface area contributed by atoms with Crippen molar-refractivity contribution in [3.8, 4) is 0 Å². The number of aromatic nitrogens is 1. The fraction of sp³-hybridized carbons (Fsp3) is 0.286. The number of carbonyl (C=O) groups is 1. The summed E-state index contributed by atoms with van der Waals surface area (Å²) in [6, 6.07) is 8.53. The molecule has 0 aliphatic heterocycles. The third-order valence-electron chi connectivity index (χ3n) is 2.94.